The molecule has 104 valence electrons. The highest BCUT2D eigenvalue weighted by Crippen LogP contribution is 2.23. The normalized spacial score (nSPS) is 13.1. The van der Waals surface area contributed by atoms with Gasteiger partial charge in [0, 0.05) is 23.3 Å². The van der Waals surface area contributed by atoms with Gasteiger partial charge in [-0.3, -0.25) is 0 Å². The first-order valence-corrected chi connectivity index (χ1v) is 9.07. The van der Waals surface area contributed by atoms with Gasteiger partial charge in [-0.25, -0.2) is 4.98 Å². The number of nitrogens with zero attached hydrogens (tertiary/aromatic N) is 2. The maximum Gasteiger partial charge on any atom is 0.111 e. The lowest BCUT2D eigenvalue weighted by Gasteiger charge is -2.14. The molecule has 5 heteroatoms. The second-order valence-electron chi connectivity index (χ2n) is 4.77. The van der Waals surface area contributed by atoms with Gasteiger partial charge in [-0.1, -0.05) is 22.9 Å². The molecule has 0 N–H and O–H groups in total. The molecule has 1 aromatic carbocycles. The van der Waals surface area contributed by atoms with E-state index in [0.29, 0.717) is 11.8 Å². The van der Waals surface area contributed by atoms with E-state index in [1.807, 2.05) is 11.8 Å². The van der Waals surface area contributed by atoms with E-state index in [4.69, 9.17) is 16.6 Å². The van der Waals surface area contributed by atoms with Crippen molar-refractivity contribution >= 4 is 50.3 Å². The standard InChI is InChI=1S/C14H18BrClN2S/c1-10(9-19-2)8-18-13-4-3-11(15)7-12(13)17-14(18)5-6-16/h3-4,7,10H,5-6,8-9H2,1-2H3. The van der Waals surface area contributed by atoms with Gasteiger partial charge in [0.2, 0.25) is 0 Å². The number of imidazole rings is 1. The summed E-state index contributed by atoms with van der Waals surface area (Å²) in [7, 11) is 0. The molecule has 0 aliphatic carbocycles. The number of benzene rings is 1. The lowest BCUT2D eigenvalue weighted by molar-refractivity contribution is 0.526. The highest BCUT2D eigenvalue weighted by atomic mass is 79.9. The van der Waals surface area contributed by atoms with Crippen molar-refractivity contribution in [1.29, 1.82) is 0 Å². The van der Waals surface area contributed by atoms with E-state index in [0.717, 1.165) is 34.5 Å². The van der Waals surface area contributed by atoms with Crippen LogP contribution in [0, 0.1) is 5.92 Å². The minimum Gasteiger partial charge on any atom is -0.328 e. The van der Waals surface area contributed by atoms with E-state index in [9.17, 15) is 0 Å². The summed E-state index contributed by atoms with van der Waals surface area (Å²) < 4.78 is 3.39. The first kappa shape index (κ1) is 15.2. The summed E-state index contributed by atoms with van der Waals surface area (Å²) in [5, 5.41) is 0. The van der Waals surface area contributed by atoms with Gasteiger partial charge in [0.15, 0.2) is 0 Å². The first-order chi connectivity index (χ1) is 9.15. The molecule has 0 aliphatic rings. The molecule has 2 rings (SSSR count). The third kappa shape index (κ3) is 3.67. The smallest absolute Gasteiger partial charge is 0.111 e. The predicted octanol–water partition coefficient (Wildman–Crippen LogP) is 4.58. The van der Waals surface area contributed by atoms with Crippen LogP contribution in [0.4, 0.5) is 0 Å². The van der Waals surface area contributed by atoms with E-state index >= 15 is 0 Å². The van der Waals surface area contributed by atoms with Crippen molar-refractivity contribution < 1.29 is 0 Å². The molecule has 1 atom stereocenters. The van der Waals surface area contributed by atoms with Crippen molar-refractivity contribution in [3.8, 4) is 0 Å². The molecule has 19 heavy (non-hydrogen) atoms. The van der Waals surface area contributed by atoms with Crippen LogP contribution in [0.2, 0.25) is 0 Å². The minimum atomic E-state index is 0.613. The van der Waals surface area contributed by atoms with Gasteiger partial charge in [-0.15, -0.1) is 11.6 Å². The van der Waals surface area contributed by atoms with Gasteiger partial charge in [0.05, 0.1) is 11.0 Å². The van der Waals surface area contributed by atoms with Crippen LogP contribution in [0.25, 0.3) is 11.0 Å². The summed E-state index contributed by atoms with van der Waals surface area (Å²) in [6.45, 7) is 3.29. The number of rotatable bonds is 6. The molecule has 0 aliphatic heterocycles. The number of alkyl halides is 1. The van der Waals surface area contributed by atoms with Crippen molar-refractivity contribution in [3.05, 3.63) is 28.5 Å². The molecule has 0 saturated heterocycles. The Morgan fingerprint density at radius 1 is 1.47 bits per heavy atom. The quantitative estimate of drug-likeness (QED) is 0.701. The van der Waals surface area contributed by atoms with E-state index < -0.39 is 0 Å². The number of hydrogen-bond donors (Lipinski definition) is 0. The van der Waals surface area contributed by atoms with E-state index in [-0.39, 0.29) is 0 Å². The van der Waals surface area contributed by atoms with Crippen LogP contribution < -0.4 is 0 Å². The van der Waals surface area contributed by atoms with Crippen LogP contribution >= 0.6 is 39.3 Å². The zero-order chi connectivity index (χ0) is 13.8. The lowest BCUT2D eigenvalue weighted by atomic mass is 10.2. The van der Waals surface area contributed by atoms with Crippen LogP contribution in [0.5, 0.6) is 0 Å². The molecule has 0 saturated carbocycles. The van der Waals surface area contributed by atoms with Crippen LogP contribution in [0.1, 0.15) is 12.7 Å². The number of hydrogen-bond acceptors (Lipinski definition) is 2. The summed E-state index contributed by atoms with van der Waals surface area (Å²) in [5.41, 5.74) is 2.25. The predicted molar refractivity (Wildman–Crippen MR) is 89.4 cm³/mol. The highest BCUT2D eigenvalue weighted by Gasteiger charge is 2.13. The lowest BCUT2D eigenvalue weighted by Crippen LogP contribution is -2.13. The number of thioether (sulfide) groups is 1. The van der Waals surface area contributed by atoms with Crippen molar-refractivity contribution in [3.63, 3.8) is 0 Å². The fourth-order valence-electron chi connectivity index (χ4n) is 2.28. The average molecular weight is 362 g/mol. The van der Waals surface area contributed by atoms with Crippen molar-refractivity contribution in [2.75, 3.05) is 17.9 Å². The Morgan fingerprint density at radius 3 is 2.95 bits per heavy atom. The van der Waals surface area contributed by atoms with Crippen LogP contribution in [0.15, 0.2) is 22.7 Å². The van der Waals surface area contributed by atoms with Gasteiger partial charge in [-0.2, -0.15) is 11.8 Å². The SMILES string of the molecule is CSCC(C)Cn1c(CCCl)nc2cc(Br)ccc21. The Bertz CT molecular complexity index is 556. The Balaban J connectivity index is 2.39. The Morgan fingerprint density at radius 2 is 2.26 bits per heavy atom. The van der Waals surface area contributed by atoms with Gasteiger partial charge in [0.25, 0.3) is 0 Å². The Hall–Kier alpha value is -0.190. The molecule has 1 aromatic heterocycles. The molecule has 2 aromatic rings. The summed E-state index contributed by atoms with van der Waals surface area (Å²) in [6.07, 6.45) is 2.97. The second-order valence-corrected chi connectivity index (χ2v) is 6.98. The fraction of sp³-hybridized carbons (Fsp3) is 0.500. The first-order valence-electron chi connectivity index (χ1n) is 6.35. The zero-order valence-corrected chi connectivity index (χ0v) is 14.4. The summed E-state index contributed by atoms with van der Waals surface area (Å²) in [5.74, 6) is 3.50. The average Bonchev–Trinajstić information content (AvgIpc) is 2.67. The van der Waals surface area contributed by atoms with E-state index in [1.54, 1.807) is 0 Å². The summed E-state index contributed by atoms with van der Waals surface area (Å²) in [4.78, 5) is 4.72. The molecular formula is C14H18BrClN2S. The Kier molecular flexibility index (Phi) is 5.60. The number of halogens is 2. The molecule has 0 amide bonds. The van der Waals surface area contributed by atoms with Crippen molar-refractivity contribution in [2.45, 2.75) is 19.9 Å². The van der Waals surface area contributed by atoms with Gasteiger partial charge in [-0.05, 0) is 36.1 Å². The highest BCUT2D eigenvalue weighted by molar-refractivity contribution is 9.10. The second kappa shape index (κ2) is 7.00. The topological polar surface area (TPSA) is 17.8 Å². The molecule has 1 heterocycles. The molecule has 0 radical (unpaired) electrons. The molecular weight excluding hydrogens is 344 g/mol. The zero-order valence-electron chi connectivity index (χ0n) is 11.2. The minimum absolute atomic E-state index is 0.613. The van der Waals surface area contributed by atoms with Gasteiger partial charge >= 0.3 is 0 Å². The van der Waals surface area contributed by atoms with Crippen LogP contribution in [-0.2, 0) is 13.0 Å². The van der Waals surface area contributed by atoms with Gasteiger partial charge < -0.3 is 4.57 Å². The third-order valence-corrected chi connectivity index (χ3v) is 4.64. The van der Waals surface area contributed by atoms with Gasteiger partial charge in [0.1, 0.15) is 5.82 Å². The molecule has 0 spiro atoms. The largest absolute Gasteiger partial charge is 0.328 e. The number of fused-ring (bicyclic) bond motifs is 1. The van der Waals surface area contributed by atoms with Crippen LogP contribution in [-0.4, -0.2) is 27.4 Å². The maximum atomic E-state index is 5.90. The van der Waals surface area contributed by atoms with E-state index in [2.05, 4.69) is 51.9 Å². The summed E-state index contributed by atoms with van der Waals surface area (Å²) >= 11 is 11.3. The molecule has 2 nitrogen and oxygen atoms in total. The van der Waals surface area contributed by atoms with Crippen molar-refractivity contribution in [1.82, 2.24) is 9.55 Å². The number of aromatic nitrogens is 2. The summed E-state index contributed by atoms with van der Waals surface area (Å²) in [6, 6.07) is 6.28. The molecule has 0 fully saturated rings. The third-order valence-electron chi connectivity index (χ3n) is 3.05. The Labute approximate surface area is 132 Å². The number of aryl methyl sites for hydroxylation is 1. The molecule has 1 unspecified atom stereocenters. The molecule has 0 bridgehead atoms. The van der Waals surface area contributed by atoms with Crippen LogP contribution in [0.3, 0.4) is 0 Å². The maximum absolute atomic E-state index is 5.90. The monoisotopic (exact) mass is 360 g/mol. The van der Waals surface area contributed by atoms with E-state index in [1.165, 1.54) is 5.52 Å². The van der Waals surface area contributed by atoms with Crippen molar-refractivity contribution in [2.24, 2.45) is 5.92 Å². The fourth-order valence-corrected chi connectivity index (χ4v) is 3.47.